The van der Waals surface area contributed by atoms with Gasteiger partial charge in [-0.1, -0.05) is 11.8 Å². The minimum atomic E-state index is 0.0860. The van der Waals surface area contributed by atoms with E-state index in [-0.39, 0.29) is 6.61 Å². The number of aliphatic hydroxyl groups excluding tert-OH is 1. The number of nitrogens with two attached hydrogens (primary N) is 2. The Hall–Kier alpha value is -1.01. The molecule has 0 bridgehead atoms. The molecular formula is C6H10N4OS. The highest BCUT2D eigenvalue weighted by molar-refractivity contribution is 7.99. The summed E-state index contributed by atoms with van der Waals surface area (Å²) in [6, 6.07) is 1.49. The van der Waals surface area contributed by atoms with Crippen molar-refractivity contribution in [2.75, 3.05) is 23.8 Å². The van der Waals surface area contributed by atoms with Crippen molar-refractivity contribution < 1.29 is 5.11 Å². The molecule has 5 N–H and O–H groups in total. The molecule has 0 atom stereocenters. The summed E-state index contributed by atoms with van der Waals surface area (Å²) in [4.78, 5) is 7.82. The van der Waals surface area contributed by atoms with Gasteiger partial charge in [-0.2, -0.15) is 0 Å². The van der Waals surface area contributed by atoms with E-state index in [1.807, 2.05) is 0 Å². The average molecular weight is 186 g/mol. The summed E-state index contributed by atoms with van der Waals surface area (Å²) >= 11 is 1.32. The molecule has 0 aliphatic rings. The number of hydrogen-bond acceptors (Lipinski definition) is 6. The van der Waals surface area contributed by atoms with Crippen LogP contribution >= 0.6 is 11.8 Å². The van der Waals surface area contributed by atoms with Crippen LogP contribution in [0.1, 0.15) is 0 Å². The molecule has 6 heteroatoms. The fraction of sp³-hybridized carbons (Fsp3) is 0.333. The van der Waals surface area contributed by atoms with Gasteiger partial charge in [0.1, 0.15) is 11.6 Å². The van der Waals surface area contributed by atoms with Crippen LogP contribution in [-0.4, -0.2) is 27.4 Å². The molecule has 0 unspecified atom stereocenters. The second kappa shape index (κ2) is 4.13. The van der Waals surface area contributed by atoms with Crippen molar-refractivity contribution in [1.82, 2.24) is 9.97 Å². The topological polar surface area (TPSA) is 98.1 Å². The number of nitrogens with zero attached hydrogens (tertiary/aromatic N) is 2. The molecule has 1 heterocycles. The lowest BCUT2D eigenvalue weighted by Crippen LogP contribution is -2.00. The standard InChI is InChI=1S/C6H10N4OS/c7-4-3-5(8)10-6(9-4)12-2-1-11/h3,11H,1-2H2,(H4,7,8,9,10). The molecule has 5 nitrogen and oxygen atoms in total. The third-order valence-corrected chi connectivity index (χ3v) is 1.90. The molecule has 0 amide bonds. The first-order chi connectivity index (χ1) is 5.72. The number of anilines is 2. The maximum absolute atomic E-state index is 8.53. The highest BCUT2D eigenvalue weighted by Gasteiger charge is 1.99. The number of aromatic nitrogens is 2. The second-order valence-corrected chi connectivity index (χ2v) is 3.13. The fourth-order valence-electron chi connectivity index (χ4n) is 0.663. The Labute approximate surface area is 74.2 Å². The van der Waals surface area contributed by atoms with Gasteiger partial charge < -0.3 is 16.6 Å². The van der Waals surface area contributed by atoms with Crippen LogP contribution < -0.4 is 11.5 Å². The van der Waals surface area contributed by atoms with Gasteiger partial charge in [-0.05, 0) is 0 Å². The Balaban J connectivity index is 2.72. The Morgan fingerprint density at radius 1 is 1.33 bits per heavy atom. The molecule has 0 radical (unpaired) electrons. The zero-order valence-electron chi connectivity index (χ0n) is 6.40. The van der Waals surface area contributed by atoms with Crippen molar-refractivity contribution in [2.45, 2.75) is 5.16 Å². The Morgan fingerprint density at radius 3 is 2.42 bits per heavy atom. The Bertz CT molecular complexity index is 247. The lowest BCUT2D eigenvalue weighted by Gasteiger charge is -2.00. The molecule has 0 aromatic carbocycles. The second-order valence-electron chi connectivity index (χ2n) is 2.07. The molecule has 0 saturated heterocycles. The van der Waals surface area contributed by atoms with E-state index >= 15 is 0 Å². The first kappa shape index (κ1) is 9.08. The van der Waals surface area contributed by atoms with Crippen LogP contribution in [0.2, 0.25) is 0 Å². The van der Waals surface area contributed by atoms with E-state index in [2.05, 4.69) is 9.97 Å². The van der Waals surface area contributed by atoms with E-state index in [1.54, 1.807) is 0 Å². The number of hydrogen-bond donors (Lipinski definition) is 3. The molecule has 0 fully saturated rings. The zero-order valence-corrected chi connectivity index (χ0v) is 7.21. The number of nitrogen functional groups attached to an aromatic ring is 2. The summed E-state index contributed by atoms with van der Waals surface area (Å²) in [5.41, 5.74) is 10.8. The van der Waals surface area contributed by atoms with E-state index in [9.17, 15) is 0 Å². The summed E-state index contributed by atoms with van der Waals surface area (Å²) in [7, 11) is 0. The van der Waals surface area contributed by atoms with Gasteiger partial charge in [0.25, 0.3) is 0 Å². The van der Waals surface area contributed by atoms with Gasteiger partial charge in [0.15, 0.2) is 5.16 Å². The zero-order chi connectivity index (χ0) is 8.97. The third-order valence-electron chi connectivity index (χ3n) is 1.07. The average Bonchev–Trinajstić information content (AvgIpc) is 1.99. The van der Waals surface area contributed by atoms with Gasteiger partial charge in [-0.15, -0.1) is 0 Å². The summed E-state index contributed by atoms with van der Waals surface area (Å²) in [5, 5.41) is 9.03. The highest BCUT2D eigenvalue weighted by Crippen LogP contribution is 2.15. The molecule has 0 spiro atoms. The SMILES string of the molecule is Nc1cc(N)nc(SCCO)n1. The highest BCUT2D eigenvalue weighted by atomic mass is 32.2. The lowest BCUT2D eigenvalue weighted by molar-refractivity contribution is 0.322. The van der Waals surface area contributed by atoms with E-state index in [4.69, 9.17) is 16.6 Å². The van der Waals surface area contributed by atoms with Gasteiger partial charge in [0.05, 0.1) is 6.61 Å². The first-order valence-corrected chi connectivity index (χ1v) is 4.34. The van der Waals surface area contributed by atoms with Crippen molar-refractivity contribution in [1.29, 1.82) is 0 Å². The van der Waals surface area contributed by atoms with Gasteiger partial charge in [0.2, 0.25) is 0 Å². The van der Waals surface area contributed by atoms with Crippen molar-refractivity contribution in [2.24, 2.45) is 0 Å². The maximum atomic E-state index is 8.53. The van der Waals surface area contributed by atoms with Crippen LogP contribution in [0.5, 0.6) is 0 Å². The molecule has 12 heavy (non-hydrogen) atoms. The van der Waals surface area contributed by atoms with E-state index in [1.165, 1.54) is 17.8 Å². The van der Waals surface area contributed by atoms with Crippen LogP contribution in [0.3, 0.4) is 0 Å². The van der Waals surface area contributed by atoms with Gasteiger partial charge in [-0.3, -0.25) is 0 Å². The van der Waals surface area contributed by atoms with E-state index < -0.39 is 0 Å². The summed E-state index contributed by atoms with van der Waals surface area (Å²) in [6.07, 6.45) is 0. The molecule has 0 aliphatic carbocycles. The maximum Gasteiger partial charge on any atom is 0.191 e. The van der Waals surface area contributed by atoms with Gasteiger partial charge >= 0.3 is 0 Å². The molecule has 1 aromatic rings. The molecular weight excluding hydrogens is 176 g/mol. The summed E-state index contributed by atoms with van der Waals surface area (Å²) in [6.45, 7) is 0.0860. The molecule has 66 valence electrons. The Morgan fingerprint density at radius 2 is 1.92 bits per heavy atom. The van der Waals surface area contributed by atoms with Gasteiger partial charge in [0, 0.05) is 11.8 Å². The van der Waals surface area contributed by atoms with E-state index in [0.717, 1.165) is 0 Å². The van der Waals surface area contributed by atoms with Crippen LogP contribution in [0.15, 0.2) is 11.2 Å². The van der Waals surface area contributed by atoms with Crippen LogP contribution in [0, 0.1) is 0 Å². The number of aliphatic hydroxyl groups is 1. The quantitative estimate of drug-likeness (QED) is 0.444. The minimum absolute atomic E-state index is 0.0860. The number of thioether (sulfide) groups is 1. The predicted molar refractivity (Wildman–Crippen MR) is 48.7 cm³/mol. The monoisotopic (exact) mass is 186 g/mol. The largest absolute Gasteiger partial charge is 0.396 e. The van der Waals surface area contributed by atoms with Crippen molar-refractivity contribution in [3.05, 3.63) is 6.07 Å². The van der Waals surface area contributed by atoms with Gasteiger partial charge in [-0.25, -0.2) is 9.97 Å². The molecule has 0 aliphatic heterocycles. The number of rotatable bonds is 3. The summed E-state index contributed by atoms with van der Waals surface area (Å²) in [5.74, 6) is 1.24. The first-order valence-electron chi connectivity index (χ1n) is 3.36. The van der Waals surface area contributed by atoms with Crippen LogP contribution in [0.4, 0.5) is 11.6 Å². The predicted octanol–water partition coefficient (Wildman–Crippen LogP) is -0.275. The molecule has 1 rings (SSSR count). The van der Waals surface area contributed by atoms with Crippen molar-refractivity contribution in [3.63, 3.8) is 0 Å². The van der Waals surface area contributed by atoms with Crippen molar-refractivity contribution >= 4 is 23.4 Å². The fourth-order valence-corrected chi connectivity index (χ4v) is 1.28. The minimum Gasteiger partial charge on any atom is -0.396 e. The summed E-state index contributed by atoms with van der Waals surface area (Å²) < 4.78 is 0. The van der Waals surface area contributed by atoms with E-state index in [0.29, 0.717) is 22.5 Å². The molecule has 1 aromatic heterocycles. The normalized spacial score (nSPS) is 10.1. The lowest BCUT2D eigenvalue weighted by atomic mass is 10.5. The van der Waals surface area contributed by atoms with Crippen molar-refractivity contribution in [3.8, 4) is 0 Å². The smallest absolute Gasteiger partial charge is 0.191 e. The third kappa shape index (κ3) is 2.55. The van der Waals surface area contributed by atoms with Crippen LogP contribution in [0.25, 0.3) is 0 Å². The van der Waals surface area contributed by atoms with Crippen LogP contribution in [-0.2, 0) is 0 Å². The molecule has 0 saturated carbocycles. The Kier molecular flexibility index (Phi) is 3.12.